The molecule has 0 bridgehead atoms. The second kappa shape index (κ2) is 5.47. The first-order valence-electron chi connectivity index (χ1n) is 6.02. The Morgan fingerprint density at radius 1 is 1.50 bits per heavy atom. The van der Waals surface area contributed by atoms with Crippen LogP contribution in [-0.4, -0.2) is 6.04 Å². The summed E-state index contributed by atoms with van der Waals surface area (Å²) in [6.07, 6.45) is 5.55. The number of nitrogens with one attached hydrogen (secondary N) is 1. The van der Waals surface area contributed by atoms with Crippen molar-refractivity contribution in [3.05, 3.63) is 21.9 Å². The van der Waals surface area contributed by atoms with Gasteiger partial charge in [0.2, 0.25) is 0 Å². The zero-order valence-electron chi connectivity index (χ0n) is 9.70. The van der Waals surface area contributed by atoms with Crippen LogP contribution >= 0.6 is 11.3 Å². The molecular weight excluding hydrogens is 216 g/mol. The van der Waals surface area contributed by atoms with Crippen molar-refractivity contribution in [3.63, 3.8) is 0 Å². The molecule has 0 saturated heterocycles. The zero-order valence-corrected chi connectivity index (χ0v) is 10.5. The van der Waals surface area contributed by atoms with Crippen molar-refractivity contribution >= 4 is 11.3 Å². The standard InChI is InChI=1S/C13H18N2S/c1-10(11-4-2-3-5-11)15-9-13-7-6-12(8-14)16-13/h6-7,10-11,15H,2-5,9H2,1H3/t10-/m0/s1. The van der Waals surface area contributed by atoms with Crippen LogP contribution in [0, 0.1) is 17.2 Å². The minimum absolute atomic E-state index is 0.607. The van der Waals surface area contributed by atoms with Crippen molar-refractivity contribution in [3.8, 4) is 6.07 Å². The van der Waals surface area contributed by atoms with Crippen molar-refractivity contribution in [1.82, 2.24) is 5.32 Å². The Bertz CT molecular complexity index is 372. The molecule has 1 heterocycles. The van der Waals surface area contributed by atoms with Crippen LogP contribution in [0.5, 0.6) is 0 Å². The van der Waals surface area contributed by atoms with Gasteiger partial charge in [-0.1, -0.05) is 12.8 Å². The molecule has 16 heavy (non-hydrogen) atoms. The predicted molar refractivity (Wildman–Crippen MR) is 67.3 cm³/mol. The van der Waals surface area contributed by atoms with Crippen LogP contribution in [0.15, 0.2) is 12.1 Å². The van der Waals surface area contributed by atoms with Gasteiger partial charge in [0.1, 0.15) is 10.9 Å². The molecule has 0 unspecified atom stereocenters. The average Bonchev–Trinajstić information content (AvgIpc) is 2.96. The molecule has 1 aromatic heterocycles. The van der Waals surface area contributed by atoms with Crippen molar-refractivity contribution in [2.24, 2.45) is 5.92 Å². The summed E-state index contributed by atoms with van der Waals surface area (Å²) in [7, 11) is 0. The summed E-state index contributed by atoms with van der Waals surface area (Å²) in [6, 6.07) is 6.75. The van der Waals surface area contributed by atoms with E-state index in [-0.39, 0.29) is 0 Å². The average molecular weight is 234 g/mol. The van der Waals surface area contributed by atoms with Gasteiger partial charge in [-0.2, -0.15) is 5.26 Å². The van der Waals surface area contributed by atoms with E-state index in [0.717, 1.165) is 17.3 Å². The smallest absolute Gasteiger partial charge is 0.110 e. The summed E-state index contributed by atoms with van der Waals surface area (Å²) in [5.41, 5.74) is 0. The molecule has 1 aliphatic rings. The van der Waals surface area contributed by atoms with Crippen molar-refractivity contribution < 1.29 is 0 Å². The molecule has 2 rings (SSSR count). The molecule has 1 atom stereocenters. The first-order chi connectivity index (χ1) is 7.79. The van der Waals surface area contributed by atoms with Crippen molar-refractivity contribution in [1.29, 1.82) is 5.26 Å². The first-order valence-corrected chi connectivity index (χ1v) is 6.83. The highest BCUT2D eigenvalue weighted by molar-refractivity contribution is 7.12. The van der Waals surface area contributed by atoms with Crippen LogP contribution in [0.3, 0.4) is 0 Å². The molecule has 1 aromatic rings. The largest absolute Gasteiger partial charge is 0.309 e. The molecule has 1 saturated carbocycles. The zero-order chi connectivity index (χ0) is 11.4. The minimum Gasteiger partial charge on any atom is -0.309 e. The van der Waals surface area contributed by atoms with E-state index in [9.17, 15) is 0 Å². The second-order valence-corrected chi connectivity index (χ2v) is 5.76. The Morgan fingerprint density at radius 3 is 2.88 bits per heavy atom. The quantitative estimate of drug-likeness (QED) is 0.867. The number of thiophene rings is 1. The Kier molecular flexibility index (Phi) is 3.98. The third kappa shape index (κ3) is 2.84. The van der Waals surface area contributed by atoms with Gasteiger partial charge < -0.3 is 5.32 Å². The molecule has 0 aliphatic heterocycles. The third-order valence-electron chi connectivity index (χ3n) is 3.48. The monoisotopic (exact) mass is 234 g/mol. The first kappa shape index (κ1) is 11.6. The Morgan fingerprint density at radius 2 is 2.25 bits per heavy atom. The summed E-state index contributed by atoms with van der Waals surface area (Å²) >= 11 is 1.59. The molecule has 2 nitrogen and oxygen atoms in total. The predicted octanol–water partition coefficient (Wildman–Crippen LogP) is 3.29. The molecule has 0 radical (unpaired) electrons. The molecule has 1 N–H and O–H groups in total. The van der Waals surface area contributed by atoms with Crippen LogP contribution in [0.1, 0.15) is 42.4 Å². The van der Waals surface area contributed by atoms with E-state index >= 15 is 0 Å². The number of rotatable bonds is 4. The SMILES string of the molecule is C[C@H](NCc1ccc(C#N)s1)C1CCCC1. The lowest BCUT2D eigenvalue weighted by Crippen LogP contribution is -2.31. The van der Waals surface area contributed by atoms with Crippen molar-refractivity contribution in [2.75, 3.05) is 0 Å². The fourth-order valence-electron chi connectivity index (χ4n) is 2.42. The van der Waals surface area contributed by atoms with E-state index in [4.69, 9.17) is 5.26 Å². The number of nitriles is 1. The number of nitrogens with zero attached hydrogens (tertiary/aromatic N) is 1. The lowest BCUT2D eigenvalue weighted by atomic mass is 10.00. The Balaban J connectivity index is 1.80. The van der Waals surface area contributed by atoms with Gasteiger partial charge in [-0.05, 0) is 37.8 Å². The Hall–Kier alpha value is -0.850. The summed E-state index contributed by atoms with van der Waals surface area (Å²) < 4.78 is 0. The van der Waals surface area contributed by atoms with Crippen LogP contribution in [0.4, 0.5) is 0 Å². The molecule has 0 aromatic carbocycles. The Labute approximate surface area is 101 Å². The maximum Gasteiger partial charge on any atom is 0.110 e. The van der Waals surface area contributed by atoms with Gasteiger partial charge in [-0.15, -0.1) is 11.3 Å². The topological polar surface area (TPSA) is 35.8 Å². The van der Waals surface area contributed by atoms with E-state index in [2.05, 4.69) is 24.4 Å². The molecule has 3 heteroatoms. The van der Waals surface area contributed by atoms with Gasteiger partial charge in [0, 0.05) is 17.5 Å². The van der Waals surface area contributed by atoms with E-state index in [1.165, 1.54) is 30.6 Å². The van der Waals surface area contributed by atoms with E-state index in [1.807, 2.05) is 6.07 Å². The van der Waals surface area contributed by atoms with E-state index in [1.54, 1.807) is 11.3 Å². The molecular formula is C13H18N2S. The van der Waals surface area contributed by atoms with Gasteiger partial charge >= 0.3 is 0 Å². The van der Waals surface area contributed by atoms with Crippen LogP contribution in [0.2, 0.25) is 0 Å². The van der Waals surface area contributed by atoms with Gasteiger partial charge in [0.15, 0.2) is 0 Å². The highest BCUT2D eigenvalue weighted by Gasteiger charge is 2.20. The third-order valence-corrected chi connectivity index (χ3v) is 4.47. The lowest BCUT2D eigenvalue weighted by Gasteiger charge is -2.19. The maximum absolute atomic E-state index is 8.74. The molecule has 0 spiro atoms. The molecule has 1 fully saturated rings. The van der Waals surface area contributed by atoms with Crippen LogP contribution < -0.4 is 5.32 Å². The van der Waals surface area contributed by atoms with E-state index in [0.29, 0.717) is 6.04 Å². The molecule has 86 valence electrons. The summed E-state index contributed by atoms with van der Waals surface area (Å²) in [5, 5.41) is 12.3. The summed E-state index contributed by atoms with van der Waals surface area (Å²) in [5.74, 6) is 0.857. The minimum atomic E-state index is 0.607. The number of hydrogen-bond donors (Lipinski definition) is 1. The van der Waals surface area contributed by atoms with Gasteiger partial charge in [-0.3, -0.25) is 0 Å². The fraction of sp³-hybridized carbons (Fsp3) is 0.615. The van der Waals surface area contributed by atoms with Crippen LogP contribution in [0.25, 0.3) is 0 Å². The lowest BCUT2D eigenvalue weighted by molar-refractivity contribution is 0.381. The van der Waals surface area contributed by atoms with Crippen molar-refractivity contribution in [2.45, 2.75) is 45.2 Å². The summed E-state index contributed by atoms with van der Waals surface area (Å²) in [4.78, 5) is 2.08. The molecule has 0 amide bonds. The second-order valence-electron chi connectivity index (χ2n) is 4.59. The van der Waals surface area contributed by atoms with Gasteiger partial charge in [0.25, 0.3) is 0 Å². The molecule has 1 aliphatic carbocycles. The van der Waals surface area contributed by atoms with Gasteiger partial charge in [0.05, 0.1) is 0 Å². The maximum atomic E-state index is 8.74. The number of hydrogen-bond acceptors (Lipinski definition) is 3. The normalized spacial score (nSPS) is 18.5. The van der Waals surface area contributed by atoms with Crippen LogP contribution in [-0.2, 0) is 6.54 Å². The highest BCUT2D eigenvalue weighted by atomic mass is 32.1. The fourth-order valence-corrected chi connectivity index (χ4v) is 3.17. The van der Waals surface area contributed by atoms with E-state index < -0.39 is 0 Å². The van der Waals surface area contributed by atoms with Gasteiger partial charge in [-0.25, -0.2) is 0 Å². The summed E-state index contributed by atoms with van der Waals surface area (Å²) in [6.45, 7) is 3.19. The highest BCUT2D eigenvalue weighted by Crippen LogP contribution is 2.27.